The third kappa shape index (κ3) is 3.14. The second-order valence-electron chi connectivity index (χ2n) is 5.44. The smallest absolute Gasteiger partial charge is 0.224 e. The summed E-state index contributed by atoms with van der Waals surface area (Å²) >= 11 is 11.7. The van der Waals surface area contributed by atoms with E-state index in [1.54, 1.807) is 18.2 Å². The largest absolute Gasteiger partial charge is 0.369 e. The molecule has 1 atom stereocenters. The predicted octanol–water partition coefficient (Wildman–Crippen LogP) is 2.37. The van der Waals surface area contributed by atoms with Gasteiger partial charge in [0, 0.05) is 12.1 Å². The van der Waals surface area contributed by atoms with E-state index in [0.29, 0.717) is 35.1 Å². The highest BCUT2D eigenvalue weighted by molar-refractivity contribution is 6.42. The quantitative estimate of drug-likeness (QED) is 0.868. The molecular formula is C14H16Cl2N2O2. The lowest BCUT2D eigenvalue weighted by Gasteiger charge is -2.20. The van der Waals surface area contributed by atoms with Crippen molar-refractivity contribution in [2.24, 2.45) is 11.1 Å². The Kier molecular flexibility index (Phi) is 4.37. The number of halogens is 2. The molecule has 20 heavy (non-hydrogen) atoms. The number of nitrogens with zero attached hydrogens (tertiary/aromatic N) is 1. The Labute approximate surface area is 127 Å². The first kappa shape index (κ1) is 15.3. The van der Waals surface area contributed by atoms with Crippen molar-refractivity contribution >= 4 is 34.9 Å². The highest BCUT2D eigenvalue weighted by atomic mass is 35.5. The van der Waals surface area contributed by atoms with Crippen LogP contribution in [0, 0.1) is 5.41 Å². The molecule has 0 saturated carbocycles. The highest BCUT2D eigenvalue weighted by Gasteiger charge is 2.39. The van der Waals surface area contributed by atoms with E-state index in [4.69, 9.17) is 28.9 Å². The molecule has 1 heterocycles. The van der Waals surface area contributed by atoms with E-state index >= 15 is 0 Å². The number of hydrogen-bond acceptors (Lipinski definition) is 3. The van der Waals surface area contributed by atoms with E-state index in [2.05, 4.69) is 0 Å². The Morgan fingerprint density at radius 1 is 1.35 bits per heavy atom. The maximum Gasteiger partial charge on any atom is 0.224 e. The zero-order chi connectivity index (χ0) is 14.9. The summed E-state index contributed by atoms with van der Waals surface area (Å²) in [6.07, 6.45) is 0.678. The van der Waals surface area contributed by atoms with Crippen LogP contribution in [0.2, 0.25) is 10.0 Å². The summed E-state index contributed by atoms with van der Waals surface area (Å²) in [4.78, 5) is 25.5. The van der Waals surface area contributed by atoms with Crippen LogP contribution >= 0.6 is 23.2 Å². The van der Waals surface area contributed by atoms with Crippen LogP contribution < -0.4 is 5.73 Å². The van der Waals surface area contributed by atoms with Crippen molar-refractivity contribution in [3.05, 3.63) is 33.8 Å². The first-order chi connectivity index (χ1) is 9.32. The average molecular weight is 315 g/mol. The number of primary amides is 1. The summed E-state index contributed by atoms with van der Waals surface area (Å²) < 4.78 is 0. The monoisotopic (exact) mass is 314 g/mol. The van der Waals surface area contributed by atoms with Crippen LogP contribution in [0.15, 0.2) is 18.2 Å². The maximum atomic E-state index is 12.2. The highest BCUT2D eigenvalue weighted by Crippen LogP contribution is 2.29. The van der Waals surface area contributed by atoms with Crippen LogP contribution in [-0.4, -0.2) is 36.2 Å². The molecule has 4 nitrogen and oxygen atoms in total. The fourth-order valence-corrected chi connectivity index (χ4v) is 2.65. The minimum absolute atomic E-state index is 0.0442. The third-order valence-corrected chi connectivity index (χ3v) is 4.50. The lowest BCUT2D eigenvalue weighted by Crippen LogP contribution is -2.38. The van der Waals surface area contributed by atoms with Crippen molar-refractivity contribution in [1.82, 2.24) is 4.90 Å². The molecule has 108 valence electrons. The van der Waals surface area contributed by atoms with Crippen LogP contribution in [0.25, 0.3) is 0 Å². The molecule has 1 aromatic carbocycles. The first-order valence-electron chi connectivity index (χ1n) is 6.32. The van der Waals surface area contributed by atoms with Gasteiger partial charge in [-0.1, -0.05) is 23.2 Å². The zero-order valence-corrected chi connectivity index (χ0v) is 12.7. The molecule has 1 saturated heterocycles. The number of amides is 1. The summed E-state index contributed by atoms with van der Waals surface area (Å²) in [6, 6.07) is 4.82. The van der Waals surface area contributed by atoms with Gasteiger partial charge in [-0.15, -0.1) is 0 Å². The van der Waals surface area contributed by atoms with Gasteiger partial charge in [0.25, 0.3) is 0 Å². The lowest BCUT2D eigenvalue weighted by molar-refractivity contribution is -0.126. The number of ketones is 1. The van der Waals surface area contributed by atoms with Crippen molar-refractivity contribution in [1.29, 1.82) is 0 Å². The fraction of sp³-hybridized carbons (Fsp3) is 0.429. The number of hydrogen-bond donors (Lipinski definition) is 1. The van der Waals surface area contributed by atoms with E-state index in [-0.39, 0.29) is 18.2 Å². The molecule has 0 bridgehead atoms. The van der Waals surface area contributed by atoms with Gasteiger partial charge >= 0.3 is 0 Å². The van der Waals surface area contributed by atoms with Crippen molar-refractivity contribution in [3.8, 4) is 0 Å². The molecule has 2 N–H and O–H groups in total. The van der Waals surface area contributed by atoms with Crippen molar-refractivity contribution < 1.29 is 9.59 Å². The summed E-state index contributed by atoms with van der Waals surface area (Å²) in [5, 5.41) is 0.784. The summed E-state index contributed by atoms with van der Waals surface area (Å²) in [5.41, 5.74) is 5.37. The predicted molar refractivity (Wildman–Crippen MR) is 79.2 cm³/mol. The number of Topliss-reactive ketones (excluding diaryl/α,β-unsaturated/α-hetero) is 1. The molecule has 0 aliphatic carbocycles. The van der Waals surface area contributed by atoms with Crippen molar-refractivity contribution in [2.75, 3.05) is 19.6 Å². The van der Waals surface area contributed by atoms with Crippen molar-refractivity contribution in [2.45, 2.75) is 13.3 Å². The lowest BCUT2D eigenvalue weighted by atomic mass is 9.89. The van der Waals surface area contributed by atoms with Gasteiger partial charge in [-0.25, -0.2) is 0 Å². The normalized spacial score (nSPS) is 22.9. The van der Waals surface area contributed by atoms with Gasteiger partial charge in [0.1, 0.15) is 0 Å². The number of likely N-dealkylation sites (tertiary alicyclic amines) is 1. The molecule has 1 unspecified atom stereocenters. The van der Waals surface area contributed by atoms with E-state index in [1.807, 2.05) is 11.8 Å². The summed E-state index contributed by atoms with van der Waals surface area (Å²) in [7, 11) is 0. The standard InChI is InChI=1S/C14H16Cl2N2O2/c1-14(13(17)20)4-5-18(8-14)7-12(19)9-2-3-10(15)11(16)6-9/h2-3,6H,4-5,7-8H2,1H3,(H2,17,20). The Morgan fingerprint density at radius 2 is 2.05 bits per heavy atom. The summed E-state index contributed by atoms with van der Waals surface area (Å²) in [5.74, 6) is -0.362. The van der Waals surface area contributed by atoms with Crippen LogP contribution in [0.4, 0.5) is 0 Å². The first-order valence-corrected chi connectivity index (χ1v) is 7.08. The Balaban J connectivity index is 2.02. The van der Waals surface area contributed by atoms with Gasteiger partial charge in [-0.3, -0.25) is 14.5 Å². The number of nitrogens with two attached hydrogens (primary N) is 1. The van der Waals surface area contributed by atoms with Gasteiger partial charge < -0.3 is 5.73 Å². The number of carbonyl (C=O) groups excluding carboxylic acids is 2. The van der Waals surface area contributed by atoms with E-state index in [1.165, 1.54) is 0 Å². The molecule has 0 spiro atoms. The Morgan fingerprint density at radius 3 is 2.60 bits per heavy atom. The Hall–Kier alpha value is -1.10. The maximum absolute atomic E-state index is 12.2. The van der Waals surface area contributed by atoms with E-state index in [0.717, 1.165) is 0 Å². The molecule has 1 aromatic rings. The van der Waals surface area contributed by atoms with E-state index in [9.17, 15) is 9.59 Å². The molecule has 0 radical (unpaired) electrons. The SMILES string of the molecule is CC1(C(N)=O)CCN(CC(=O)c2ccc(Cl)c(Cl)c2)C1. The molecule has 1 aliphatic rings. The van der Waals surface area contributed by atoms with Crippen LogP contribution in [0.3, 0.4) is 0 Å². The minimum Gasteiger partial charge on any atom is -0.369 e. The molecule has 6 heteroatoms. The number of benzene rings is 1. The van der Waals surface area contributed by atoms with Gasteiger partial charge in [0.15, 0.2) is 5.78 Å². The van der Waals surface area contributed by atoms with E-state index < -0.39 is 5.41 Å². The summed E-state index contributed by atoms with van der Waals surface area (Å²) in [6.45, 7) is 3.28. The van der Waals surface area contributed by atoms with Crippen LogP contribution in [0.5, 0.6) is 0 Å². The molecule has 1 aliphatic heterocycles. The van der Waals surface area contributed by atoms with Crippen molar-refractivity contribution in [3.63, 3.8) is 0 Å². The van der Waals surface area contributed by atoms with Crippen LogP contribution in [0.1, 0.15) is 23.7 Å². The molecular weight excluding hydrogens is 299 g/mol. The zero-order valence-electron chi connectivity index (χ0n) is 11.2. The molecule has 2 rings (SSSR count). The molecule has 0 aromatic heterocycles. The topological polar surface area (TPSA) is 63.4 Å². The second kappa shape index (κ2) is 5.72. The Bertz CT molecular complexity index is 562. The second-order valence-corrected chi connectivity index (χ2v) is 6.25. The van der Waals surface area contributed by atoms with Gasteiger partial charge in [0.05, 0.1) is 22.0 Å². The third-order valence-electron chi connectivity index (χ3n) is 3.76. The number of carbonyl (C=O) groups is 2. The fourth-order valence-electron chi connectivity index (χ4n) is 2.36. The molecule has 1 amide bonds. The molecule has 1 fully saturated rings. The van der Waals surface area contributed by atoms with Gasteiger partial charge in [-0.2, -0.15) is 0 Å². The average Bonchev–Trinajstić information content (AvgIpc) is 2.75. The number of rotatable bonds is 4. The van der Waals surface area contributed by atoms with Gasteiger partial charge in [0.2, 0.25) is 5.91 Å². The van der Waals surface area contributed by atoms with Crippen LogP contribution in [-0.2, 0) is 4.79 Å². The minimum atomic E-state index is -0.544. The van der Waals surface area contributed by atoms with Gasteiger partial charge in [-0.05, 0) is 38.1 Å².